The molecule has 2 aliphatic rings. The summed E-state index contributed by atoms with van der Waals surface area (Å²) in [6.45, 7) is 0.923. The third kappa shape index (κ3) is 4.90. The number of rotatable bonds is 7. The van der Waals surface area contributed by atoms with Gasteiger partial charge in [0.15, 0.2) is 0 Å². The minimum Gasteiger partial charge on any atom is -0.494 e. The van der Waals surface area contributed by atoms with E-state index in [1.165, 1.54) is 36.0 Å². The molecule has 0 aliphatic heterocycles. The smallest absolute Gasteiger partial charge is 0.270 e. The van der Waals surface area contributed by atoms with Crippen molar-refractivity contribution in [2.45, 2.75) is 57.0 Å². The third-order valence-electron chi connectivity index (χ3n) is 8.58. The van der Waals surface area contributed by atoms with E-state index >= 15 is 0 Å². The van der Waals surface area contributed by atoms with Crippen LogP contribution in [0, 0.1) is 34.4 Å². The van der Waals surface area contributed by atoms with Crippen LogP contribution in [0.3, 0.4) is 0 Å². The van der Waals surface area contributed by atoms with Crippen molar-refractivity contribution in [2.24, 2.45) is 13.0 Å². The first-order chi connectivity index (χ1) is 18.9. The predicted octanol–water partition coefficient (Wildman–Crippen LogP) is 4.88. The minimum absolute atomic E-state index is 0.0415. The lowest BCUT2D eigenvalue weighted by Gasteiger charge is -2.44. The Morgan fingerprint density at radius 1 is 1.08 bits per heavy atom. The monoisotopic (exact) mass is 528 g/mol. The Kier molecular flexibility index (Phi) is 7.43. The Balaban J connectivity index is 1.44. The highest BCUT2D eigenvalue weighted by atomic mass is 19.1. The number of nitrogens with zero attached hydrogens (tertiary/aromatic N) is 6. The number of ether oxygens (including phenoxy) is 1. The van der Waals surface area contributed by atoms with Gasteiger partial charge >= 0.3 is 0 Å². The van der Waals surface area contributed by atoms with E-state index in [0.29, 0.717) is 28.4 Å². The number of nitriles is 2. The number of hydrogen-bond acceptors (Lipinski definition) is 7. The Hall–Kier alpha value is -4.11. The maximum Gasteiger partial charge on any atom is 0.270 e. The molecule has 2 aliphatic carbocycles. The second kappa shape index (κ2) is 10.9. The maximum absolute atomic E-state index is 14.0. The fraction of sp³-hybridized carbons (Fsp3) is 0.467. The third-order valence-corrected chi connectivity index (χ3v) is 8.58. The Morgan fingerprint density at radius 3 is 2.41 bits per heavy atom. The van der Waals surface area contributed by atoms with Crippen LogP contribution in [0.5, 0.6) is 5.75 Å². The van der Waals surface area contributed by atoms with Crippen molar-refractivity contribution in [1.82, 2.24) is 9.55 Å². The van der Waals surface area contributed by atoms with Gasteiger partial charge in [0.1, 0.15) is 40.5 Å². The quantitative estimate of drug-likeness (QED) is 0.431. The zero-order valence-corrected chi connectivity index (χ0v) is 22.7. The topological polar surface area (TPSA) is 98.2 Å². The number of methoxy groups -OCH3 is 1. The van der Waals surface area contributed by atoms with Crippen molar-refractivity contribution in [1.29, 1.82) is 10.5 Å². The highest BCUT2D eigenvalue weighted by Gasteiger charge is 2.33. The van der Waals surface area contributed by atoms with Gasteiger partial charge in [-0.25, -0.2) is 9.37 Å². The fourth-order valence-electron chi connectivity index (χ4n) is 6.13. The van der Waals surface area contributed by atoms with Gasteiger partial charge in [0.05, 0.1) is 24.0 Å². The van der Waals surface area contributed by atoms with Crippen LogP contribution in [-0.2, 0) is 7.05 Å². The van der Waals surface area contributed by atoms with E-state index in [1.54, 1.807) is 26.3 Å². The van der Waals surface area contributed by atoms with Crippen LogP contribution in [0.2, 0.25) is 0 Å². The van der Waals surface area contributed by atoms with E-state index in [2.05, 4.69) is 22.0 Å². The lowest BCUT2D eigenvalue weighted by molar-refractivity contribution is 0.289. The first kappa shape index (κ1) is 26.5. The maximum atomic E-state index is 14.0. The zero-order chi connectivity index (χ0) is 27.7. The van der Waals surface area contributed by atoms with Gasteiger partial charge in [0, 0.05) is 38.8 Å². The van der Waals surface area contributed by atoms with Gasteiger partial charge in [-0.05, 0) is 68.7 Å². The summed E-state index contributed by atoms with van der Waals surface area (Å²) in [6.07, 6.45) is 7.19. The molecular weight excluding hydrogens is 495 g/mol. The standard InChI is InChI=1S/C30H33FN6O2/c1-35(29-24(17-33)30(38)36(2)26-14-8-21(16-32)34-28(26)29)22-9-11-23(12-10-22)37(18-19-5-4-6-19)25-13-7-20(31)15-27(25)39-3/h7-8,13-15,19,22-23H,4-6,9-12,18H2,1-3H3/t22-,23-. The highest BCUT2D eigenvalue weighted by molar-refractivity contribution is 5.92. The molecule has 3 aromatic rings. The minimum atomic E-state index is -0.373. The summed E-state index contributed by atoms with van der Waals surface area (Å²) >= 11 is 0. The zero-order valence-electron chi connectivity index (χ0n) is 22.7. The van der Waals surface area contributed by atoms with E-state index in [4.69, 9.17) is 4.74 Å². The van der Waals surface area contributed by atoms with Gasteiger partial charge < -0.3 is 19.1 Å². The summed E-state index contributed by atoms with van der Waals surface area (Å²) in [5.74, 6) is 0.871. The van der Waals surface area contributed by atoms with Crippen molar-refractivity contribution in [2.75, 3.05) is 30.5 Å². The van der Waals surface area contributed by atoms with E-state index < -0.39 is 0 Å². The lowest BCUT2D eigenvalue weighted by atomic mass is 9.83. The molecule has 0 unspecified atom stereocenters. The number of aromatic nitrogens is 2. The normalized spacial score (nSPS) is 19.1. The van der Waals surface area contributed by atoms with Gasteiger partial charge in [-0.1, -0.05) is 6.42 Å². The van der Waals surface area contributed by atoms with Gasteiger partial charge in [-0.3, -0.25) is 4.79 Å². The van der Waals surface area contributed by atoms with E-state index in [1.807, 2.05) is 18.0 Å². The van der Waals surface area contributed by atoms with Crippen LogP contribution in [-0.4, -0.2) is 42.3 Å². The average Bonchev–Trinajstić information content (AvgIpc) is 2.94. The average molecular weight is 529 g/mol. The molecular formula is C30H33FN6O2. The number of aryl methyl sites for hydroxylation is 1. The van der Waals surface area contributed by atoms with E-state index in [0.717, 1.165) is 37.9 Å². The van der Waals surface area contributed by atoms with Crippen molar-refractivity contribution in [3.8, 4) is 17.9 Å². The second-order valence-electron chi connectivity index (χ2n) is 10.7. The van der Waals surface area contributed by atoms with Crippen LogP contribution in [0.25, 0.3) is 11.0 Å². The van der Waals surface area contributed by atoms with Crippen LogP contribution < -0.4 is 20.1 Å². The molecule has 2 saturated carbocycles. The molecule has 0 bridgehead atoms. The molecule has 9 heteroatoms. The van der Waals surface area contributed by atoms with Crippen LogP contribution in [0.1, 0.15) is 56.2 Å². The van der Waals surface area contributed by atoms with Crippen molar-refractivity contribution >= 4 is 22.4 Å². The summed E-state index contributed by atoms with van der Waals surface area (Å²) < 4.78 is 21.0. The summed E-state index contributed by atoms with van der Waals surface area (Å²) in [7, 11) is 5.11. The first-order valence-corrected chi connectivity index (χ1v) is 13.5. The number of benzene rings is 1. The van der Waals surface area contributed by atoms with Crippen molar-refractivity contribution in [3.63, 3.8) is 0 Å². The van der Waals surface area contributed by atoms with E-state index in [9.17, 15) is 19.7 Å². The number of fused-ring (bicyclic) bond motifs is 1. The SMILES string of the molecule is COc1cc(F)ccc1N(CC1CCC1)[C@H]1CC[C@H](N(C)c2c(C#N)c(=O)n(C)c3ccc(C#N)nc23)CC1. The van der Waals surface area contributed by atoms with Gasteiger partial charge in [0.2, 0.25) is 0 Å². The second-order valence-corrected chi connectivity index (χ2v) is 10.7. The summed E-state index contributed by atoms with van der Waals surface area (Å²) in [5.41, 5.74) is 2.40. The summed E-state index contributed by atoms with van der Waals surface area (Å²) in [5, 5.41) is 19.4. The summed E-state index contributed by atoms with van der Waals surface area (Å²) in [6, 6.07) is 12.6. The fourth-order valence-corrected chi connectivity index (χ4v) is 6.13. The van der Waals surface area contributed by atoms with Crippen molar-refractivity contribution < 1.29 is 9.13 Å². The predicted molar refractivity (Wildman–Crippen MR) is 148 cm³/mol. The number of anilines is 2. The first-order valence-electron chi connectivity index (χ1n) is 13.5. The van der Waals surface area contributed by atoms with E-state index in [-0.39, 0.29) is 34.7 Å². The molecule has 5 rings (SSSR count). The number of hydrogen-bond donors (Lipinski definition) is 0. The largest absolute Gasteiger partial charge is 0.494 e. The molecule has 0 amide bonds. The molecule has 202 valence electrons. The Morgan fingerprint density at radius 2 is 1.79 bits per heavy atom. The molecule has 2 heterocycles. The molecule has 1 aromatic carbocycles. The van der Waals surface area contributed by atoms with Crippen LogP contribution in [0.4, 0.5) is 15.8 Å². The number of pyridine rings is 2. The van der Waals surface area contributed by atoms with Crippen molar-refractivity contribution in [3.05, 3.63) is 57.8 Å². The molecule has 2 aromatic heterocycles. The molecule has 0 spiro atoms. The van der Waals surface area contributed by atoms with Crippen LogP contribution >= 0.6 is 0 Å². The molecule has 8 nitrogen and oxygen atoms in total. The van der Waals surface area contributed by atoms with Gasteiger partial charge in [0.25, 0.3) is 5.56 Å². The lowest BCUT2D eigenvalue weighted by Crippen LogP contribution is -2.46. The van der Waals surface area contributed by atoms with Gasteiger partial charge in [-0.2, -0.15) is 10.5 Å². The van der Waals surface area contributed by atoms with Gasteiger partial charge in [-0.15, -0.1) is 0 Å². The Bertz CT molecular complexity index is 1530. The summed E-state index contributed by atoms with van der Waals surface area (Å²) in [4.78, 5) is 22.0. The Labute approximate surface area is 227 Å². The molecule has 0 saturated heterocycles. The highest BCUT2D eigenvalue weighted by Crippen LogP contribution is 2.39. The molecule has 0 radical (unpaired) electrons. The molecule has 39 heavy (non-hydrogen) atoms. The van der Waals surface area contributed by atoms with Crippen LogP contribution in [0.15, 0.2) is 35.1 Å². The number of halogens is 1. The molecule has 0 atom stereocenters. The molecule has 2 fully saturated rings. The molecule has 0 N–H and O–H groups in total.